The minimum absolute atomic E-state index is 0.0842. The molecule has 0 saturated carbocycles. The third kappa shape index (κ3) is 2.97. The highest BCUT2D eigenvalue weighted by Crippen LogP contribution is 2.19. The quantitative estimate of drug-likeness (QED) is 0.645. The molecular weight excluding hydrogens is 168 g/mol. The third-order valence-electron chi connectivity index (χ3n) is 2.49. The summed E-state index contributed by atoms with van der Waals surface area (Å²) >= 11 is 0. The second-order valence-electron chi connectivity index (χ2n) is 3.66. The molecule has 1 heterocycles. The molecule has 13 heavy (non-hydrogen) atoms. The van der Waals surface area contributed by atoms with E-state index < -0.39 is 6.04 Å². The number of amides is 1. The minimum atomic E-state index is -0.419. The van der Waals surface area contributed by atoms with Crippen LogP contribution in [-0.2, 0) is 9.53 Å². The summed E-state index contributed by atoms with van der Waals surface area (Å²) in [6.07, 6.45) is 1.29. The number of carbonyl (C=O) groups excluding carboxylic acids is 1. The molecule has 1 fully saturated rings. The SMILES string of the molecule is CC(N)C(=O)NCC1CCOC1C. The Morgan fingerprint density at radius 3 is 2.92 bits per heavy atom. The molecule has 1 aliphatic rings. The van der Waals surface area contributed by atoms with Gasteiger partial charge in [-0.2, -0.15) is 0 Å². The van der Waals surface area contributed by atoms with E-state index in [1.54, 1.807) is 6.92 Å². The van der Waals surface area contributed by atoms with E-state index in [9.17, 15) is 4.79 Å². The maximum absolute atomic E-state index is 11.1. The van der Waals surface area contributed by atoms with Gasteiger partial charge in [-0.3, -0.25) is 4.79 Å². The molecule has 0 aromatic heterocycles. The monoisotopic (exact) mass is 186 g/mol. The lowest BCUT2D eigenvalue weighted by atomic mass is 10.0. The Hall–Kier alpha value is -0.610. The second-order valence-corrected chi connectivity index (χ2v) is 3.66. The van der Waals surface area contributed by atoms with Crippen LogP contribution < -0.4 is 11.1 Å². The van der Waals surface area contributed by atoms with Crippen LogP contribution in [0.25, 0.3) is 0 Å². The van der Waals surface area contributed by atoms with Crippen LogP contribution in [0.2, 0.25) is 0 Å². The zero-order valence-electron chi connectivity index (χ0n) is 8.25. The third-order valence-corrected chi connectivity index (χ3v) is 2.49. The summed E-state index contributed by atoms with van der Waals surface area (Å²) in [5.74, 6) is 0.363. The summed E-state index contributed by atoms with van der Waals surface area (Å²) in [4.78, 5) is 11.1. The molecule has 0 aromatic rings. The van der Waals surface area contributed by atoms with Crippen LogP contribution in [0.4, 0.5) is 0 Å². The molecule has 0 aromatic carbocycles. The van der Waals surface area contributed by atoms with E-state index in [0.29, 0.717) is 12.5 Å². The summed E-state index contributed by atoms with van der Waals surface area (Å²) in [6.45, 7) is 5.21. The molecule has 0 spiro atoms. The number of rotatable bonds is 3. The number of hydrogen-bond donors (Lipinski definition) is 2. The molecule has 1 saturated heterocycles. The van der Waals surface area contributed by atoms with Gasteiger partial charge in [0.05, 0.1) is 12.1 Å². The van der Waals surface area contributed by atoms with Gasteiger partial charge >= 0.3 is 0 Å². The maximum Gasteiger partial charge on any atom is 0.236 e. The van der Waals surface area contributed by atoms with Gasteiger partial charge in [0, 0.05) is 19.1 Å². The molecule has 4 heteroatoms. The molecule has 3 unspecified atom stereocenters. The largest absolute Gasteiger partial charge is 0.378 e. The van der Waals surface area contributed by atoms with Crippen molar-refractivity contribution in [1.29, 1.82) is 0 Å². The van der Waals surface area contributed by atoms with Gasteiger partial charge in [-0.05, 0) is 20.3 Å². The lowest BCUT2D eigenvalue weighted by Crippen LogP contribution is -2.41. The Balaban J connectivity index is 2.22. The predicted octanol–water partition coefficient (Wildman–Crippen LogP) is -0.125. The van der Waals surface area contributed by atoms with E-state index in [4.69, 9.17) is 10.5 Å². The molecule has 1 rings (SSSR count). The molecular formula is C9H18N2O2. The van der Waals surface area contributed by atoms with Gasteiger partial charge in [0.25, 0.3) is 0 Å². The van der Waals surface area contributed by atoms with Gasteiger partial charge in [0.2, 0.25) is 5.91 Å². The van der Waals surface area contributed by atoms with E-state index in [1.807, 2.05) is 6.92 Å². The first kappa shape index (κ1) is 10.5. The summed E-state index contributed by atoms with van der Waals surface area (Å²) < 4.78 is 5.38. The van der Waals surface area contributed by atoms with E-state index in [-0.39, 0.29) is 12.0 Å². The average Bonchev–Trinajstić information content (AvgIpc) is 2.47. The standard InChI is InChI=1S/C9H18N2O2/c1-6(10)9(12)11-5-8-3-4-13-7(8)2/h6-8H,3-5,10H2,1-2H3,(H,11,12). The number of ether oxygens (including phenoxy) is 1. The topological polar surface area (TPSA) is 64.4 Å². The van der Waals surface area contributed by atoms with Crippen molar-refractivity contribution in [3.05, 3.63) is 0 Å². The van der Waals surface area contributed by atoms with Crippen LogP contribution >= 0.6 is 0 Å². The molecule has 0 aliphatic carbocycles. The minimum Gasteiger partial charge on any atom is -0.378 e. The fraction of sp³-hybridized carbons (Fsp3) is 0.889. The Labute approximate surface area is 78.8 Å². The van der Waals surface area contributed by atoms with Crippen molar-refractivity contribution >= 4 is 5.91 Å². The van der Waals surface area contributed by atoms with Crippen LogP contribution in [0, 0.1) is 5.92 Å². The van der Waals surface area contributed by atoms with Crippen molar-refractivity contribution in [2.75, 3.05) is 13.2 Å². The fourth-order valence-electron chi connectivity index (χ4n) is 1.44. The maximum atomic E-state index is 11.1. The molecule has 3 atom stereocenters. The van der Waals surface area contributed by atoms with Crippen LogP contribution in [0.1, 0.15) is 20.3 Å². The van der Waals surface area contributed by atoms with Gasteiger partial charge < -0.3 is 15.8 Å². The molecule has 1 aliphatic heterocycles. The first-order valence-corrected chi connectivity index (χ1v) is 4.76. The average molecular weight is 186 g/mol. The number of carbonyl (C=O) groups is 1. The zero-order chi connectivity index (χ0) is 9.84. The smallest absolute Gasteiger partial charge is 0.236 e. The van der Waals surface area contributed by atoms with Crippen molar-refractivity contribution in [2.45, 2.75) is 32.4 Å². The van der Waals surface area contributed by atoms with E-state index in [1.165, 1.54) is 0 Å². The Morgan fingerprint density at radius 2 is 2.46 bits per heavy atom. The first-order valence-electron chi connectivity index (χ1n) is 4.76. The first-order chi connectivity index (χ1) is 6.11. The van der Waals surface area contributed by atoms with Gasteiger partial charge in [-0.1, -0.05) is 0 Å². The normalized spacial score (nSPS) is 30.1. The second kappa shape index (κ2) is 4.58. The van der Waals surface area contributed by atoms with Gasteiger partial charge in [-0.15, -0.1) is 0 Å². The lowest BCUT2D eigenvalue weighted by molar-refractivity contribution is -0.122. The number of nitrogens with two attached hydrogens (primary N) is 1. The summed E-state index contributed by atoms with van der Waals surface area (Å²) in [6, 6.07) is -0.419. The van der Waals surface area contributed by atoms with Gasteiger partial charge in [0.15, 0.2) is 0 Å². The zero-order valence-corrected chi connectivity index (χ0v) is 8.25. The van der Waals surface area contributed by atoms with Gasteiger partial charge in [-0.25, -0.2) is 0 Å². The van der Waals surface area contributed by atoms with Crippen LogP contribution in [0.15, 0.2) is 0 Å². The molecule has 3 N–H and O–H groups in total. The van der Waals surface area contributed by atoms with E-state index in [2.05, 4.69) is 5.32 Å². The van der Waals surface area contributed by atoms with Crippen molar-refractivity contribution < 1.29 is 9.53 Å². The van der Waals surface area contributed by atoms with Crippen molar-refractivity contribution in [3.63, 3.8) is 0 Å². The molecule has 4 nitrogen and oxygen atoms in total. The van der Waals surface area contributed by atoms with Crippen molar-refractivity contribution in [2.24, 2.45) is 11.7 Å². The fourth-order valence-corrected chi connectivity index (χ4v) is 1.44. The van der Waals surface area contributed by atoms with Crippen LogP contribution in [0.3, 0.4) is 0 Å². The van der Waals surface area contributed by atoms with Gasteiger partial charge in [0.1, 0.15) is 0 Å². The van der Waals surface area contributed by atoms with Crippen LogP contribution in [0.5, 0.6) is 0 Å². The predicted molar refractivity (Wildman–Crippen MR) is 50.2 cm³/mol. The summed E-state index contributed by atoms with van der Waals surface area (Å²) in [5, 5.41) is 2.81. The van der Waals surface area contributed by atoms with Crippen molar-refractivity contribution in [3.8, 4) is 0 Å². The highest BCUT2D eigenvalue weighted by molar-refractivity contribution is 5.80. The molecule has 76 valence electrons. The number of nitrogens with one attached hydrogen (secondary N) is 1. The molecule has 1 amide bonds. The summed E-state index contributed by atoms with van der Waals surface area (Å²) in [5.41, 5.74) is 5.41. The Kier molecular flexibility index (Phi) is 3.69. The number of hydrogen-bond acceptors (Lipinski definition) is 3. The highest BCUT2D eigenvalue weighted by Gasteiger charge is 2.24. The Bertz CT molecular complexity index is 182. The summed E-state index contributed by atoms with van der Waals surface area (Å²) in [7, 11) is 0. The van der Waals surface area contributed by atoms with Crippen molar-refractivity contribution in [1.82, 2.24) is 5.32 Å². The highest BCUT2D eigenvalue weighted by atomic mass is 16.5. The van der Waals surface area contributed by atoms with E-state index >= 15 is 0 Å². The van der Waals surface area contributed by atoms with Crippen LogP contribution in [-0.4, -0.2) is 31.2 Å². The van der Waals surface area contributed by atoms with E-state index in [0.717, 1.165) is 13.0 Å². The Morgan fingerprint density at radius 1 is 1.77 bits per heavy atom. The molecule has 0 bridgehead atoms. The molecule has 0 radical (unpaired) electrons. The lowest BCUT2D eigenvalue weighted by Gasteiger charge is -2.15.